The van der Waals surface area contributed by atoms with Gasteiger partial charge in [-0.3, -0.25) is 19.4 Å². The number of amides is 4. The third kappa shape index (κ3) is 5.81. The van der Waals surface area contributed by atoms with Crippen LogP contribution in [0.1, 0.15) is 26.7 Å². The van der Waals surface area contributed by atoms with Crippen LogP contribution in [0.25, 0.3) is 21.5 Å². The second-order valence-corrected chi connectivity index (χ2v) is 14.2. The van der Waals surface area contributed by atoms with Crippen molar-refractivity contribution < 1.29 is 19.1 Å². The summed E-state index contributed by atoms with van der Waals surface area (Å²) in [6.07, 6.45) is 5.33. The van der Waals surface area contributed by atoms with Crippen LogP contribution >= 0.6 is 23.5 Å². The lowest BCUT2D eigenvalue weighted by Gasteiger charge is -2.34. The molecule has 0 aliphatic carbocycles. The van der Waals surface area contributed by atoms with Gasteiger partial charge in [0.15, 0.2) is 0 Å². The summed E-state index contributed by atoms with van der Waals surface area (Å²) >= 11 is 3.23. The Bertz CT molecular complexity index is 2070. The molecule has 4 aromatic carbocycles. The number of carbonyl (C=O) groups is 3. The number of urea groups is 1. The number of unbranched alkanes of at least 4 members (excludes halogenated alkanes) is 1. The highest BCUT2D eigenvalue weighted by atomic mass is 32.2. The first-order valence-electron chi connectivity index (χ1n) is 16.6. The number of rotatable bonds is 9. The number of hydrogen-bond donors (Lipinski definition) is 0. The maximum Gasteiger partial charge on any atom is 0.334 e. The third-order valence-electron chi connectivity index (χ3n) is 9.16. The lowest BCUT2D eigenvalue weighted by Crippen LogP contribution is -2.57. The highest BCUT2D eigenvalue weighted by Crippen LogP contribution is 2.51. The fourth-order valence-corrected chi connectivity index (χ4v) is 8.96. The number of fused-ring (bicyclic) bond motifs is 6. The van der Waals surface area contributed by atoms with Crippen LogP contribution in [-0.2, 0) is 14.3 Å². The largest absolute Gasteiger partial charge is 0.383 e. The number of allylic oxidation sites excluding steroid dienone is 3. The summed E-state index contributed by atoms with van der Waals surface area (Å²) in [5.74, 6) is -1.17. The van der Waals surface area contributed by atoms with E-state index in [9.17, 15) is 14.4 Å². The first-order chi connectivity index (χ1) is 23.9. The number of barbiturate groups is 1. The molecule has 0 atom stereocenters. The van der Waals surface area contributed by atoms with Crippen molar-refractivity contribution in [2.24, 2.45) is 0 Å². The molecule has 3 aliphatic rings. The van der Waals surface area contributed by atoms with Gasteiger partial charge >= 0.3 is 6.03 Å². The van der Waals surface area contributed by atoms with Gasteiger partial charge in [-0.05, 0) is 54.0 Å². The fourth-order valence-electron chi connectivity index (χ4n) is 6.65. The Morgan fingerprint density at radius 1 is 0.714 bits per heavy atom. The predicted octanol–water partition coefficient (Wildman–Crippen LogP) is 8.38. The normalized spacial score (nSPS) is 18.9. The monoisotopic (exact) mass is 690 g/mol. The van der Waals surface area contributed by atoms with Crippen LogP contribution in [0.2, 0.25) is 0 Å². The molecular formula is C39H38N4O4S2. The van der Waals surface area contributed by atoms with Crippen LogP contribution in [0.15, 0.2) is 116 Å². The van der Waals surface area contributed by atoms with E-state index in [-0.39, 0.29) is 25.3 Å². The van der Waals surface area contributed by atoms with Gasteiger partial charge in [0.25, 0.3) is 11.8 Å². The molecule has 0 bridgehead atoms. The zero-order valence-corrected chi connectivity index (χ0v) is 29.7. The Kier molecular flexibility index (Phi) is 9.28. The van der Waals surface area contributed by atoms with E-state index in [1.54, 1.807) is 23.5 Å². The maximum absolute atomic E-state index is 14.3. The van der Waals surface area contributed by atoms with Crippen LogP contribution in [0, 0.1) is 0 Å². The first-order valence-corrected chi connectivity index (χ1v) is 18.2. The third-order valence-corrected chi connectivity index (χ3v) is 11.4. The average Bonchev–Trinajstić information content (AvgIpc) is 3.64. The van der Waals surface area contributed by atoms with E-state index >= 15 is 0 Å². The molecule has 250 valence electrons. The number of methoxy groups -OCH3 is 1. The van der Waals surface area contributed by atoms with Crippen LogP contribution < -0.4 is 9.80 Å². The number of imide groups is 2. The highest BCUT2D eigenvalue weighted by molar-refractivity contribution is 8.04. The summed E-state index contributed by atoms with van der Waals surface area (Å²) in [4.78, 5) is 51.2. The van der Waals surface area contributed by atoms with Crippen LogP contribution in [0.3, 0.4) is 0 Å². The van der Waals surface area contributed by atoms with Crippen molar-refractivity contribution in [2.45, 2.75) is 36.5 Å². The van der Waals surface area contributed by atoms with Gasteiger partial charge in [-0.2, -0.15) is 0 Å². The molecule has 8 nitrogen and oxygen atoms in total. The minimum Gasteiger partial charge on any atom is -0.383 e. The number of carbonyl (C=O) groups excluding carboxylic acids is 3. The number of hydrogen-bond acceptors (Lipinski definition) is 8. The minimum absolute atomic E-state index is 0.0147. The van der Waals surface area contributed by atoms with E-state index in [2.05, 4.69) is 65.3 Å². The van der Waals surface area contributed by atoms with Gasteiger partial charge in [-0.25, -0.2) is 4.79 Å². The standard InChI is InChI=1S/C39H38N4O4S2/c1-5-7-20-42-37(44)34(38(45)43(39(42)46)21-22-47-4)27(23-32-40(3)35-28-14-10-8-12-25(28)16-18-30(35)48-32)24-33-41(6-2)36-29-15-11-9-13-26(29)17-19-31(36)49-33/h8-19,23-24H,5-7,20-22H2,1-4H3/b32-23?,33-24?,34-27+. The van der Waals surface area contributed by atoms with E-state index in [0.29, 0.717) is 18.5 Å². The van der Waals surface area contributed by atoms with Crippen LogP contribution in [0.4, 0.5) is 16.2 Å². The predicted molar refractivity (Wildman–Crippen MR) is 200 cm³/mol. The second kappa shape index (κ2) is 13.8. The molecule has 3 aliphatic heterocycles. The Labute approximate surface area is 295 Å². The number of nitrogens with zero attached hydrogens (tertiary/aromatic N) is 4. The molecule has 0 unspecified atom stereocenters. The summed E-state index contributed by atoms with van der Waals surface area (Å²) in [5.41, 5.74) is 2.65. The number of ether oxygens (including phenoxy) is 1. The summed E-state index contributed by atoms with van der Waals surface area (Å²) < 4.78 is 5.27. The molecule has 49 heavy (non-hydrogen) atoms. The molecule has 1 fully saturated rings. The Balaban J connectivity index is 1.42. The van der Waals surface area contributed by atoms with Gasteiger partial charge < -0.3 is 14.5 Å². The van der Waals surface area contributed by atoms with E-state index in [1.165, 1.54) is 12.0 Å². The van der Waals surface area contributed by atoms with Gasteiger partial charge in [-0.1, -0.05) is 97.5 Å². The van der Waals surface area contributed by atoms with Gasteiger partial charge in [-0.15, -0.1) is 0 Å². The summed E-state index contributed by atoms with van der Waals surface area (Å²) in [7, 11) is 3.55. The Morgan fingerprint density at radius 3 is 1.92 bits per heavy atom. The summed E-state index contributed by atoms with van der Waals surface area (Å²) in [6.45, 7) is 5.25. The molecule has 7 rings (SSSR count). The lowest BCUT2D eigenvalue weighted by atomic mass is 10.0. The average molecular weight is 691 g/mol. The second-order valence-electron chi connectivity index (χ2n) is 12.1. The molecule has 3 heterocycles. The molecule has 0 radical (unpaired) electrons. The smallest absolute Gasteiger partial charge is 0.334 e. The Hall–Kier alpha value is -4.51. The molecule has 4 amide bonds. The van der Waals surface area contributed by atoms with Crippen molar-refractivity contribution in [3.63, 3.8) is 0 Å². The van der Waals surface area contributed by atoms with Gasteiger partial charge in [0.05, 0.1) is 34.6 Å². The van der Waals surface area contributed by atoms with Crippen LogP contribution in [-0.4, -0.2) is 68.0 Å². The van der Waals surface area contributed by atoms with E-state index in [1.807, 2.05) is 50.4 Å². The Morgan fingerprint density at radius 2 is 1.29 bits per heavy atom. The minimum atomic E-state index is -0.605. The number of benzene rings is 4. The molecule has 0 saturated carbocycles. The van der Waals surface area contributed by atoms with Gasteiger partial charge in [0.1, 0.15) is 5.57 Å². The highest BCUT2D eigenvalue weighted by Gasteiger charge is 2.43. The number of anilines is 2. The summed E-state index contributed by atoms with van der Waals surface area (Å²) in [6, 6.07) is 24.5. The molecular weight excluding hydrogens is 653 g/mol. The molecule has 0 spiro atoms. The van der Waals surface area contributed by atoms with Crippen molar-refractivity contribution in [3.8, 4) is 0 Å². The van der Waals surface area contributed by atoms with Crippen molar-refractivity contribution in [1.82, 2.24) is 9.80 Å². The van der Waals surface area contributed by atoms with E-state index < -0.39 is 17.8 Å². The van der Waals surface area contributed by atoms with Crippen LogP contribution in [0.5, 0.6) is 0 Å². The van der Waals surface area contributed by atoms with Gasteiger partial charge in [0, 0.05) is 47.8 Å². The zero-order chi connectivity index (χ0) is 34.2. The lowest BCUT2D eigenvalue weighted by molar-refractivity contribution is -0.136. The van der Waals surface area contributed by atoms with Crippen molar-refractivity contribution in [2.75, 3.05) is 50.2 Å². The van der Waals surface area contributed by atoms with Crippen molar-refractivity contribution >= 4 is 74.3 Å². The van der Waals surface area contributed by atoms with Crippen molar-refractivity contribution in [1.29, 1.82) is 0 Å². The van der Waals surface area contributed by atoms with E-state index in [0.717, 1.165) is 64.1 Å². The fraction of sp³-hybridized carbons (Fsp3) is 0.256. The molecule has 1 saturated heterocycles. The molecule has 0 aromatic heterocycles. The summed E-state index contributed by atoms with van der Waals surface area (Å²) in [5, 5.41) is 6.34. The molecule has 10 heteroatoms. The quantitative estimate of drug-likeness (QED) is 0.128. The van der Waals surface area contributed by atoms with Gasteiger partial charge in [0.2, 0.25) is 0 Å². The molecule has 0 N–H and O–H groups in total. The zero-order valence-electron chi connectivity index (χ0n) is 28.1. The van der Waals surface area contributed by atoms with Crippen molar-refractivity contribution in [3.05, 3.63) is 106 Å². The maximum atomic E-state index is 14.3. The SMILES string of the molecule is CCCCN1C(=O)/C(=C(/C=C2Sc3ccc4ccccc4c3N2C)C=C2Sc3ccc4ccccc4c3N2CC)C(=O)N(CCOC)C1=O. The topological polar surface area (TPSA) is 73.4 Å². The first kappa shape index (κ1) is 33.0. The van der Waals surface area contributed by atoms with E-state index in [4.69, 9.17) is 4.74 Å². The number of thioether (sulfide) groups is 2. The molecule has 4 aromatic rings.